The minimum Gasteiger partial charge on any atom is -0.479 e. The Bertz CT molecular complexity index is 1160. The van der Waals surface area contributed by atoms with Gasteiger partial charge in [-0.3, -0.25) is 9.59 Å². The first-order valence-electron chi connectivity index (χ1n) is 10.1. The number of para-hydroxylation sites is 1. The molecular formula is C23H24Cl2N4O3. The zero-order valence-corrected chi connectivity index (χ0v) is 19.4. The van der Waals surface area contributed by atoms with Gasteiger partial charge >= 0.3 is 0 Å². The lowest BCUT2D eigenvalue weighted by atomic mass is 10.2. The van der Waals surface area contributed by atoms with Crippen molar-refractivity contribution in [2.24, 2.45) is 5.10 Å². The maximum absolute atomic E-state index is 12.2. The van der Waals surface area contributed by atoms with Crippen LogP contribution in [0.5, 0.6) is 5.75 Å². The summed E-state index contributed by atoms with van der Waals surface area (Å²) in [5, 5.41) is 8.33. The van der Waals surface area contributed by atoms with Gasteiger partial charge in [-0.1, -0.05) is 41.4 Å². The first-order valence-corrected chi connectivity index (χ1v) is 10.8. The number of amides is 2. The predicted molar refractivity (Wildman–Crippen MR) is 128 cm³/mol. The van der Waals surface area contributed by atoms with E-state index in [4.69, 9.17) is 27.9 Å². The number of carbonyl (C=O) groups is 2. The first-order chi connectivity index (χ1) is 15.3. The number of nitrogens with one attached hydrogen (secondary N) is 2. The maximum Gasteiger partial charge on any atom is 0.261 e. The van der Waals surface area contributed by atoms with E-state index in [1.54, 1.807) is 25.3 Å². The molecule has 0 saturated carbocycles. The molecule has 1 atom stereocenters. The highest BCUT2D eigenvalue weighted by molar-refractivity contribution is 6.35. The van der Waals surface area contributed by atoms with Crippen LogP contribution in [0.15, 0.2) is 53.8 Å². The van der Waals surface area contributed by atoms with E-state index >= 15 is 0 Å². The van der Waals surface area contributed by atoms with Crippen molar-refractivity contribution in [2.45, 2.75) is 32.9 Å². The number of benzene rings is 2. The van der Waals surface area contributed by atoms with E-state index in [0.717, 1.165) is 16.5 Å². The first kappa shape index (κ1) is 23.6. The number of hydrogen-bond acceptors (Lipinski definition) is 4. The van der Waals surface area contributed by atoms with Crippen molar-refractivity contribution in [3.8, 4) is 5.75 Å². The molecule has 0 aliphatic carbocycles. The largest absolute Gasteiger partial charge is 0.479 e. The summed E-state index contributed by atoms with van der Waals surface area (Å²) >= 11 is 11.9. The number of hydrazone groups is 1. The minimum absolute atomic E-state index is 0.244. The fourth-order valence-electron chi connectivity index (χ4n) is 3.10. The number of nitrogens with zero attached hydrogens (tertiary/aromatic N) is 2. The van der Waals surface area contributed by atoms with Crippen LogP contribution in [0.1, 0.15) is 32.4 Å². The Morgan fingerprint density at radius 2 is 1.91 bits per heavy atom. The monoisotopic (exact) mass is 474 g/mol. The van der Waals surface area contributed by atoms with Crippen molar-refractivity contribution in [1.29, 1.82) is 0 Å². The third-order valence-electron chi connectivity index (χ3n) is 4.71. The molecule has 0 aliphatic heterocycles. The Hall–Kier alpha value is -3.03. The van der Waals surface area contributed by atoms with Gasteiger partial charge in [0.05, 0.1) is 17.8 Å². The highest BCUT2D eigenvalue weighted by Gasteiger charge is 2.17. The second-order valence-electron chi connectivity index (χ2n) is 7.45. The standard InChI is InChI=1S/C23H24Cl2N4O3/c1-14(2)29-13-16(18-6-4-5-7-20(18)29)11-27-28-22(30)12-26-23(31)15(3)32-21-9-8-17(24)10-19(21)25/h4-11,13-15H,12H2,1-3H3,(H,26,31)(H,28,30)/b27-11-/t15-/m1/s1. The molecule has 2 aromatic carbocycles. The van der Waals surface area contributed by atoms with E-state index in [1.165, 1.54) is 6.07 Å². The van der Waals surface area contributed by atoms with Crippen molar-refractivity contribution in [2.75, 3.05) is 6.54 Å². The summed E-state index contributed by atoms with van der Waals surface area (Å²) in [6.07, 6.45) is 2.73. The summed E-state index contributed by atoms with van der Waals surface area (Å²) in [5.74, 6) is -0.595. The van der Waals surface area contributed by atoms with E-state index < -0.39 is 17.9 Å². The van der Waals surface area contributed by atoms with Crippen molar-refractivity contribution in [3.05, 3.63) is 64.3 Å². The van der Waals surface area contributed by atoms with Gasteiger partial charge in [-0.25, -0.2) is 5.43 Å². The lowest BCUT2D eigenvalue weighted by Gasteiger charge is -2.15. The molecule has 0 aliphatic rings. The number of ether oxygens (including phenoxy) is 1. The summed E-state index contributed by atoms with van der Waals surface area (Å²) < 4.78 is 7.68. The van der Waals surface area contributed by atoms with Gasteiger partial charge < -0.3 is 14.6 Å². The maximum atomic E-state index is 12.2. The van der Waals surface area contributed by atoms with Gasteiger partial charge in [-0.15, -0.1) is 0 Å². The number of rotatable bonds is 8. The normalized spacial score (nSPS) is 12.3. The van der Waals surface area contributed by atoms with Gasteiger partial charge in [-0.2, -0.15) is 5.10 Å². The number of fused-ring (bicyclic) bond motifs is 1. The molecule has 0 saturated heterocycles. The van der Waals surface area contributed by atoms with E-state index in [9.17, 15) is 9.59 Å². The molecule has 32 heavy (non-hydrogen) atoms. The van der Waals surface area contributed by atoms with Crippen LogP contribution in [-0.2, 0) is 9.59 Å². The molecule has 1 aromatic heterocycles. The second kappa shape index (κ2) is 10.5. The van der Waals surface area contributed by atoms with Crippen molar-refractivity contribution in [3.63, 3.8) is 0 Å². The van der Waals surface area contributed by atoms with Crippen LogP contribution >= 0.6 is 23.2 Å². The molecule has 3 rings (SSSR count). The molecule has 0 fully saturated rings. The topological polar surface area (TPSA) is 84.7 Å². The molecule has 2 N–H and O–H groups in total. The van der Waals surface area contributed by atoms with Crippen LogP contribution in [-0.4, -0.2) is 35.2 Å². The van der Waals surface area contributed by atoms with Gasteiger partial charge in [0.2, 0.25) is 0 Å². The van der Waals surface area contributed by atoms with Crippen molar-refractivity contribution >= 4 is 52.1 Å². The third kappa shape index (κ3) is 5.81. The SMILES string of the molecule is CC(C)n1cc(/C=N\NC(=O)CNC(=O)[C@@H](C)Oc2ccc(Cl)cc2Cl)c2ccccc21. The smallest absolute Gasteiger partial charge is 0.261 e. The molecular weight excluding hydrogens is 451 g/mol. The van der Waals surface area contributed by atoms with E-state index in [2.05, 4.69) is 34.3 Å². The average Bonchev–Trinajstić information content (AvgIpc) is 3.13. The fourth-order valence-corrected chi connectivity index (χ4v) is 3.55. The molecule has 168 valence electrons. The summed E-state index contributed by atoms with van der Waals surface area (Å²) in [5.41, 5.74) is 4.41. The lowest BCUT2D eigenvalue weighted by molar-refractivity contribution is -0.130. The van der Waals surface area contributed by atoms with Crippen molar-refractivity contribution in [1.82, 2.24) is 15.3 Å². The summed E-state index contributed by atoms with van der Waals surface area (Å²) in [6, 6.07) is 13.0. The lowest BCUT2D eigenvalue weighted by Crippen LogP contribution is -2.41. The zero-order valence-electron chi connectivity index (χ0n) is 17.9. The highest BCUT2D eigenvalue weighted by Crippen LogP contribution is 2.28. The summed E-state index contributed by atoms with van der Waals surface area (Å²) in [6.45, 7) is 5.51. The second-order valence-corrected chi connectivity index (χ2v) is 8.29. The number of carbonyl (C=O) groups excluding carboxylic acids is 2. The Morgan fingerprint density at radius 3 is 2.62 bits per heavy atom. The van der Waals surface area contributed by atoms with Gasteiger partial charge in [0.25, 0.3) is 11.8 Å². The van der Waals surface area contributed by atoms with E-state index in [-0.39, 0.29) is 6.54 Å². The summed E-state index contributed by atoms with van der Waals surface area (Å²) in [7, 11) is 0. The fraction of sp³-hybridized carbons (Fsp3) is 0.261. The Morgan fingerprint density at radius 1 is 1.16 bits per heavy atom. The number of halogens is 2. The van der Waals surface area contributed by atoms with Gasteiger partial charge in [0.15, 0.2) is 6.10 Å². The predicted octanol–water partition coefficient (Wildman–Crippen LogP) is 4.56. The van der Waals surface area contributed by atoms with Crippen molar-refractivity contribution < 1.29 is 14.3 Å². The quantitative estimate of drug-likeness (QED) is 0.370. The van der Waals surface area contributed by atoms with Crippen LogP contribution in [0, 0.1) is 0 Å². The Balaban J connectivity index is 1.52. The van der Waals surface area contributed by atoms with Gasteiger partial charge in [-0.05, 0) is 45.0 Å². The summed E-state index contributed by atoms with van der Waals surface area (Å²) in [4.78, 5) is 24.3. The molecule has 9 heteroatoms. The molecule has 0 radical (unpaired) electrons. The molecule has 3 aromatic rings. The highest BCUT2D eigenvalue weighted by atomic mass is 35.5. The molecule has 1 heterocycles. The Labute approximate surface area is 196 Å². The van der Waals surface area contributed by atoms with E-state index in [0.29, 0.717) is 21.8 Å². The minimum atomic E-state index is -0.855. The van der Waals surface area contributed by atoms with E-state index in [1.807, 2.05) is 30.5 Å². The van der Waals surface area contributed by atoms with Crippen LogP contribution < -0.4 is 15.5 Å². The van der Waals surface area contributed by atoms with Crippen LogP contribution in [0.4, 0.5) is 0 Å². The molecule has 7 nitrogen and oxygen atoms in total. The van der Waals surface area contributed by atoms with Gasteiger partial charge in [0.1, 0.15) is 5.75 Å². The molecule has 2 amide bonds. The van der Waals surface area contributed by atoms with Gasteiger partial charge in [0, 0.05) is 33.7 Å². The number of hydrogen-bond donors (Lipinski definition) is 2. The third-order valence-corrected chi connectivity index (χ3v) is 5.24. The Kier molecular flexibility index (Phi) is 7.77. The zero-order chi connectivity index (χ0) is 23.3. The number of aromatic nitrogens is 1. The van der Waals surface area contributed by atoms with Crippen LogP contribution in [0.25, 0.3) is 10.9 Å². The van der Waals surface area contributed by atoms with Crippen LogP contribution in [0.3, 0.4) is 0 Å². The molecule has 0 spiro atoms. The molecule has 0 bridgehead atoms. The average molecular weight is 475 g/mol. The molecule has 0 unspecified atom stereocenters. The van der Waals surface area contributed by atoms with Crippen LogP contribution in [0.2, 0.25) is 10.0 Å².